The number of carbonyl (C=O) groups excluding carboxylic acids is 4. The lowest BCUT2D eigenvalue weighted by molar-refractivity contribution is -0.152. The first-order valence-electron chi connectivity index (χ1n) is 8.07. The molecule has 0 rings (SSSR count). The number of hydrogen-bond acceptors (Lipinski definition) is 12. The molecule has 0 aromatic carbocycles. The second kappa shape index (κ2) is 22.2. The summed E-state index contributed by atoms with van der Waals surface area (Å²) in [6.07, 6.45) is -3.80. The molecule has 0 aliphatic heterocycles. The van der Waals surface area contributed by atoms with Gasteiger partial charge in [-0.3, -0.25) is 38.4 Å². The number of carboxylic acid groups (broad SMARTS) is 8. The van der Waals surface area contributed by atoms with Crippen LogP contribution in [-0.4, -0.2) is 112 Å². The van der Waals surface area contributed by atoms with E-state index in [4.69, 9.17) is 40.9 Å². The highest BCUT2D eigenvalue weighted by Gasteiger charge is 2.16. The Kier molecular flexibility index (Phi) is 25.1. The maximum Gasteiger partial charge on any atom is 0.372 e. The van der Waals surface area contributed by atoms with Gasteiger partial charge in [0.15, 0.2) is 0 Å². The molecule has 0 fully saturated rings. The van der Waals surface area contributed by atoms with Gasteiger partial charge in [0.1, 0.15) is 25.7 Å². The molecule has 20 nitrogen and oxygen atoms in total. The van der Waals surface area contributed by atoms with Crippen molar-refractivity contribution < 1.29 is 98.4 Å². The topological polar surface area (TPSA) is 367 Å². The smallest absolute Gasteiger partial charge is 0.372 e. The minimum absolute atomic E-state index is 0. The van der Waals surface area contributed by atoms with Crippen LogP contribution in [0.4, 0.5) is 0 Å². The number of carboxylic acids is 8. The van der Waals surface area contributed by atoms with Gasteiger partial charge < -0.3 is 40.9 Å². The number of ketones is 4. The largest absolute Gasteiger partial charge is 0.481 e. The van der Waals surface area contributed by atoms with Crippen LogP contribution in [0.2, 0.25) is 0 Å². The van der Waals surface area contributed by atoms with E-state index in [0.29, 0.717) is 0 Å². The molecule has 208 valence electrons. The van der Waals surface area contributed by atoms with Gasteiger partial charge in [-0.2, -0.15) is 0 Å². The van der Waals surface area contributed by atoms with Crippen LogP contribution >= 0.6 is 0 Å². The molecule has 0 bridgehead atoms. The molecule has 20 heteroatoms. The summed E-state index contributed by atoms with van der Waals surface area (Å²) in [4.78, 5) is 117. The molecule has 0 spiro atoms. The lowest BCUT2D eigenvalue weighted by Crippen LogP contribution is -2.16. The van der Waals surface area contributed by atoms with Crippen LogP contribution in [0.25, 0.3) is 0 Å². The van der Waals surface area contributed by atoms with Crippen LogP contribution in [0.3, 0.4) is 0 Å². The zero-order valence-corrected chi connectivity index (χ0v) is 17.3. The quantitative estimate of drug-likeness (QED) is 0.0901. The predicted molar refractivity (Wildman–Crippen MR) is 106 cm³/mol. The van der Waals surface area contributed by atoms with Crippen molar-refractivity contribution in [3.05, 3.63) is 0 Å². The normalized spacial score (nSPS) is 8.22. The summed E-state index contributed by atoms with van der Waals surface area (Å²) in [5.74, 6) is -17.8. The Morgan fingerprint density at radius 3 is 0.432 bits per heavy atom. The molecule has 0 aromatic rings. The molecule has 0 saturated carbocycles. The van der Waals surface area contributed by atoms with Crippen molar-refractivity contribution in [2.75, 3.05) is 0 Å². The van der Waals surface area contributed by atoms with Crippen molar-refractivity contribution in [1.29, 1.82) is 0 Å². The van der Waals surface area contributed by atoms with E-state index in [2.05, 4.69) is 0 Å². The summed E-state index contributed by atoms with van der Waals surface area (Å²) in [5.41, 5.74) is 0. The first-order chi connectivity index (χ1) is 16.1. The molecule has 0 aliphatic rings. The maximum atomic E-state index is 9.97. The molecular formula is C17H20O20. The van der Waals surface area contributed by atoms with Gasteiger partial charge in [-0.25, -0.2) is 19.2 Å². The molecule has 0 amide bonds. The zero-order valence-electron chi connectivity index (χ0n) is 17.3. The number of carbonyl (C=O) groups is 12. The van der Waals surface area contributed by atoms with Crippen LogP contribution in [-0.2, 0) is 57.5 Å². The lowest BCUT2D eigenvalue weighted by Gasteiger charge is -1.85. The fraction of sp³-hybridized carbons (Fsp3) is 0.294. The molecule has 0 heterocycles. The predicted octanol–water partition coefficient (Wildman–Crippen LogP) is -2.90. The molecular weight excluding hydrogens is 524 g/mol. The van der Waals surface area contributed by atoms with E-state index >= 15 is 0 Å². The monoisotopic (exact) mass is 544 g/mol. The molecule has 0 aliphatic carbocycles. The Bertz CT molecular complexity index is 787. The van der Waals surface area contributed by atoms with Crippen molar-refractivity contribution in [3.8, 4) is 0 Å². The highest BCUT2D eigenvalue weighted by Crippen LogP contribution is 1.83. The van der Waals surface area contributed by atoms with Gasteiger partial charge in [0.05, 0.1) is 0 Å². The van der Waals surface area contributed by atoms with Crippen molar-refractivity contribution in [1.82, 2.24) is 0 Å². The van der Waals surface area contributed by atoms with Gasteiger partial charge in [-0.1, -0.05) is 7.43 Å². The number of rotatable bonds is 12. The minimum Gasteiger partial charge on any atom is -0.481 e. The van der Waals surface area contributed by atoms with Crippen LogP contribution in [0.5, 0.6) is 0 Å². The lowest BCUT2D eigenvalue weighted by atomic mass is 10.3. The SMILES string of the molecule is C.O=C(O)CC(=O)C(=O)O.O=C(O)CC(=O)C(=O)O.O=C(O)CC(=O)C(=O)O.O=C(O)CC(=O)C(=O)O. The van der Waals surface area contributed by atoms with Crippen LogP contribution < -0.4 is 0 Å². The van der Waals surface area contributed by atoms with E-state index in [1.54, 1.807) is 0 Å². The van der Waals surface area contributed by atoms with Gasteiger partial charge in [-0.05, 0) is 0 Å². The molecule has 0 radical (unpaired) electrons. The Labute approximate surface area is 203 Å². The number of hydrogen-bond donors (Lipinski definition) is 8. The van der Waals surface area contributed by atoms with E-state index in [1.165, 1.54) is 0 Å². The zero-order chi connectivity index (χ0) is 29.8. The summed E-state index contributed by atoms with van der Waals surface area (Å²) >= 11 is 0. The highest BCUT2D eigenvalue weighted by molar-refractivity contribution is 6.37. The van der Waals surface area contributed by atoms with Gasteiger partial charge in [0, 0.05) is 0 Å². The Morgan fingerprint density at radius 1 is 0.297 bits per heavy atom. The number of Topliss-reactive ketones (excluding diaryl/α,β-unsaturated/α-hetero) is 4. The first kappa shape index (κ1) is 41.7. The van der Waals surface area contributed by atoms with Gasteiger partial charge in [0.2, 0.25) is 0 Å². The molecule has 0 atom stereocenters. The number of aliphatic carboxylic acids is 8. The second-order valence-electron chi connectivity index (χ2n) is 5.20. The van der Waals surface area contributed by atoms with Crippen molar-refractivity contribution >= 4 is 70.9 Å². The first-order valence-corrected chi connectivity index (χ1v) is 8.07. The minimum atomic E-state index is -1.71. The summed E-state index contributed by atoms with van der Waals surface area (Å²) in [7, 11) is 0. The van der Waals surface area contributed by atoms with Gasteiger partial charge in [-0.15, -0.1) is 0 Å². The molecule has 37 heavy (non-hydrogen) atoms. The van der Waals surface area contributed by atoms with E-state index in [9.17, 15) is 57.5 Å². The summed E-state index contributed by atoms with van der Waals surface area (Å²) in [6.45, 7) is 0. The third-order valence-corrected chi connectivity index (χ3v) is 2.20. The third kappa shape index (κ3) is 35.2. The van der Waals surface area contributed by atoms with E-state index in [1.807, 2.05) is 0 Å². The Hall–Kier alpha value is -5.56. The Balaban J connectivity index is -0.000000122. The summed E-state index contributed by atoms with van der Waals surface area (Å²) < 4.78 is 0. The standard InChI is InChI=1S/4C4H4O5.CH4/c4*5-2(4(8)9)1-3(6)7;/h4*1H2,(H,6,7)(H,8,9);1H4. The van der Waals surface area contributed by atoms with Crippen molar-refractivity contribution in [2.45, 2.75) is 33.1 Å². The van der Waals surface area contributed by atoms with E-state index < -0.39 is 96.6 Å². The molecule has 0 saturated heterocycles. The van der Waals surface area contributed by atoms with E-state index in [-0.39, 0.29) is 7.43 Å². The van der Waals surface area contributed by atoms with Crippen LogP contribution in [0, 0.1) is 0 Å². The second-order valence-corrected chi connectivity index (χ2v) is 5.20. The summed E-state index contributed by atoms with van der Waals surface area (Å²) in [6, 6.07) is 0. The van der Waals surface area contributed by atoms with Crippen LogP contribution in [0.1, 0.15) is 33.1 Å². The van der Waals surface area contributed by atoms with Crippen LogP contribution in [0.15, 0.2) is 0 Å². The fourth-order valence-electron chi connectivity index (χ4n) is 0.852. The Morgan fingerprint density at radius 2 is 0.405 bits per heavy atom. The average Bonchev–Trinajstić information content (AvgIpc) is 2.67. The molecule has 8 N–H and O–H groups in total. The van der Waals surface area contributed by atoms with Gasteiger partial charge >= 0.3 is 47.8 Å². The van der Waals surface area contributed by atoms with Gasteiger partial charge in [0.25, 0.3) is 23.1 Å². The third-order valence-electron chi connectivity index (χ3n) is 2.20. The molecule has 0 unspecified atom stereocenters. The summed E-state index contributed by atoms with van der Waals surface area (Å²) in [5, 5.41) is 62.7. The average molecular weight is 544 g/mol. The van der Waals surface area contributed by atoms with Crippen molar-refractivity contribution in [3.63, 3.8) is 0 Å². The van der Waals surface area contributed by atoms with E-state index in [0.717, 1.165) is 0 Å². The highest BCUT2D eigenvalue weighted by atomic mass is 16.4. The fourth-order valence-corrected chi connectivity index (χ4v) is 0.852. The maximum absolute atomic E-state index is 9.97. The molecule has 0 aromatic heterocycles. The van der Waals surface area contributed by atoms with Crippen molar-refractivity contribution in [2.24, 2.45) is 0 Å².